The first kappa shape index (κ1) is 4.14. The molecule has 0 rings (SSSR count). The monoisotopic (exact) mass is 71.0 g/mol. The van der Waals surface area contributed by atoms with E-state index in [1.54, 1.807) is 0 Å². The number of rotatable bonds is 1. The van der Waals surface area contributed by atoms with Crippen LogP contribution < -0.4 is 5.84 Å². The maximum atomic E-state index is 6.25. The molecule has 0 aliphatic rings. The molecule has 0 aliphatic heterocycles. The zero-order valence-corrected chi connectivity index (χ0v) is 2.68. The molecule has 28 valence electrons. The van der Waals surface area contributed by atoms with Crippen LogP contribution in [0.5, 0.6) is 0 Å². The zero-order valence-electron chi connectivity index (χ0n) is 2.68. The minimum Gasteiger partial charge on any atom is -0.323 e. The highest BCUT2D eigenvalue weighted by molar-refractivity contribution is 6.14. The van der Waals surface area contributed by atoms with Crippen LogP contribution in [0.3, 0.4) is 0 Å². The fourth-order valence-electron chi connectivity index (χ4n) is 0.0430. The van der Waals surface area contributed by atoms with Crippen molar-refractivity contribution in [3.05, 3.63) is 0 Å². The summed E-state index contributed by atoms with van der Waals surface area (Å²) >= 11 is 0. The number of nitrogens with two attached hydrogens (primary N) is 1. The molecule has 0 aromatic rings. The number of hydrogen-bond donors (Lipinski definition) is 2. The van der Waals surface area contributed by atoms with Gasteiger partial charge in [-0.15, -0.1) is 0 Å². The lowest BCUT2D eigenvalue weighted by Crippen LogP contribution is -1.80. The molecule has 5 heavy (non-hydrogen) atoms. The third kappa shape index (κ3) is 3.14. The van der Waals surface area contributed by atoms with E-state index in [-0.39, 0.29) is 0 Å². The summed E-state index contributed by atoms with van der Waals surface area (Å²) in [5.74, 6) is 4.56. The molecule has 0 aliphatic carbocycles. The Morgan fingerprint density at radius 1 is 1.80 bits per heavy atom. The van der Waals surface area contributed by atoms with E-state index >= 15 is 0 Å². The predicted molar refractivity (Wildman–Crippen MR) is 21.5 cm³/mol. The topological polar surface area (TPSA) is 62.2 Å². The third-order valence-corrected chi connectivity index (χ3v) is 0.161. The van der Waals surface area contributed by atoms with Crippen molar-refractivity contribution >= 4 is 12.4 Å². The molecule has 0 aromatic carbocycles. The Hall–Kier alpha value is -0.860. The third-order valence-electron chi connectivity index (χ3n) is 0.161. The molecule has 0 radical (unpaired) electrons. The van der Waals surface area contributed by atoms with Crippen LogP contribution in [0.4, 0.5) is 0 Å². The van der Waals surface area contributed by atoms with Gasteiger partial charge in [0, 0.05) is 6.21 Å². The van der Waals surface area contributed by atoms with Gasteiger partial charge in [-0.1, -0.05) is 0 Å². The first-order chi connectivity index (χ1) is 2.41. The van der Waals surface area contributed by atoms with E-state index in [2.05, 4.69) is 10.9 Å². The van der Waals surface area contributed by atoms with Gasteiger partial charge in [0.15, 0.2) is 0 Å². The molecule has 0 spiro atoms. The summed E-state index contributed by atoms with van der Waals surface area (Å²) in [4.78, 5) is 0. The Balaban J connectivity index is 2.92. The molecule has 0 aromatic heterocycles. The number of nitrogens with one attached hydrogen (secondary N) is 1. The molecule has 3 nitrogen and oxygen atoms in total. The molecule has 0 heterocycles. The summed E-state index contributed by atoms with van der Waals surface area (Å²) in [5.41, 5.74) is 0. The molecule has 3 heteroatoms. The predicted octanol–water partition coefficient (Wildman–Crippen LogP) is -0.420. The van der Waals surface area contributed by atoms with Gasteiger partial charge in [0.2, 0.25) is 0 Å². The zero-order chi connectivity index (χ0) is 4.12. The van der Waals surface area contributed by atoms with Gasteiger partial charge in [0.1, 0.15) is 0 Å². The molecular formula is C2H5N3. The average molecular weight is 71.1 g/mol. The second-order valence-corrected chi connectivity index (χ2v) is 0.465. The lowest BCUT2D eigenvalue weighted by Gasteiger charge is -1.58. The standard InChI is InChI=1S/C2H5N3/c3-1-2-5-4/h1-3H,4H2/b3-1?,5-2-. The van der Waals surface area contributed by atoms with Gasteiger partial charge < -0.3 is 11.3 Å². The normalized spacial score (nSPS) is 8.80. The van der Waals surface area contributed by atoms with Crippen LogP contribution >= 0.6 is 0 Å². The quantitative estimate of drug-likeness (QED) is 0.246. The number of hydrazone groups is 1. The Bertz CT molecular complexity index is 46.9. The van der Waals surface area contributed by atoms with Gasteiger partial charge in [-0.2, -0.15) is 5.10 Å². The molecule has 0 fully saturated rings. The van der Waals surface area contributed by atoms with Crippen LogP contribution in [-0.4, -0.2) is 12.4 Å². The molecule has 0 saturated carbocycles. The Morgan fingerprint density at radius 2 is 2.40 bits per heavy atom. The van der Waals surface area contributed by atoms with Crippen LogP contribution in [0.1, 0.15) is 0 Å². The average Bonchev–Trinajstić information content (AvgIpc) is 1.41. The Kier molecular flexibility index (Phi) is 2.60. The van der Waals surface area contributed by atoms with Crippen molar-refractivity contribution in [2.24, 2.45) is 10.9 Å². The SMILES string of the molecule is N=C/C=N\N. The van der Waals surface area contributed by atoms with Crippen molar-refractivity contribution in [3.63, 3.8) is 0 Å². The summed E-state index contributed by atoms with van der Waals surface area (Å²) in [7, 11) is 0. The highest BCUT2D eigenvalue weighted by Gasteiger charge is 1.44. The second kappa shape index (κ2) is 3.14. The van der Waals surface area contributed by atoms with Gasteiger partial charge >= 0.3 is 0 Å². The van der Waals surface area contributed by atoms with E-state index in [9.17, 15) is 0 Å². The molecule has 0 saturated heterocycles. The molecule has 3 N–H and O–H groups in total. The summed E-state index contributed by atoms with van der Waals surface area (Å²) in [6, 6.07) is 0. The van der Waals surface area contributed by atoms with Gasteiger partial charge in [-0.3, -0.25) is 0 Å². The van der Waals surface area contributed by atoms with E-state index < -0.39 is 0 Å². The number of hydrogen-bond acceptors (Lipinski definition) is 3. The van der Waals surface area contributed by atoms with Crippen LogP contribution in [-0.2, 0) is 0 Å². The van der Waals surface area contributed by atoms with Gasteiger partial charge in [0.25, 0.3) is 0 Å². The largest absolute Gasteiger partial charge is 0.323 e. The first-order valence-corrected chi connectivity index (χ1v) is 1.14. The second-order valence-electron chi connectivity index (χ2n) is 0.465. The van der Waals surface area contributed by atoms with Crippen molar-refractivity contribution < 1.29 is 0 Å². The number of nitrogens with zero attached hydrogens (tertiary/aromatic N) is 1. The smallest absolute Gasteiger partial charge is 0.0641 e. The van der Waals surface area contributed by atoms with Gasteiger partial charge in [-0.25, -0.2) is 0 Å². The fraction of sp³-hybridized carbons (Fsp3) is 0. The maximum absolute atomic E-state index is 6.25. The molecule has 0 atom stereocenters. The van der Waals surface area contributed by atoms with E-state index in [0.29, 0.717) is 0 Å². The van der Waals surface area contributed by atoms with Crippen molar-refractivity contribution in [2.45, 2.75) is 0 Å². The lowest BCUT2D eigenvalue weighted by atomic mass is 10.8. The van der Waals surface area contributed by atoms with Crippen LogP contribution in [0, 0.1) is 5.41 Å². The minimum atomic E-state index is 1.01. The van der Waals surface area contributed by atoms with E-state index in [1.807, 2.05) is 0 Å². The summed E-state index contributed by atoms with van der Waals surface area (Å²) in [6.45, 7) is 0. The summed E-state index contributed by atoms with van der Waals surface area (Å²) in [5, 5.41) is 9.23. The molecular weight excluding hydrogens is 66.0 g/mol. The van der Waals surface area contributed by atoms with E-state index in [0.717, 1.165) is 6.21 Å². The summed E-state index contributed by atoms with van der Waals surface area (Å²) in [6.07, 6.45) is 2.21. The van der Waals surface area contributed by atoms with Crippen molar-refractivity contribution in [1.29, 1.82) is 5.41 Å². The highest BCUT2D eigenvalue weighted by atomic mass is 15.1. The van der Waals surface area contributed by atoms with E-state index in [1.165, 1.54) is 6.21 Å². The lowest BCUT2D eigenvalue weighted by molar-refractivity contribution is 1.27. The molecule has 0 amide bonds. The van der Waals surface area contributed by atoms with Gasteiger partial charge in [0.05, 0.1) is 6.21 Å². The highest BCUT2D eigenvalue weighted by Crippen LogP contribution is 1.30. The van der Waals surface area contributed by atoms with Crippen molar-refractivity contribution in [2.75, 3.05) is 0 Å². The van der Waals surface area contributed by atoms with Crippen LogP contribution in [0.25, 0.3) is 0 Å². The molecule has 0 unspecified atom stereocenters. The van der Waals surface area contributed by atoms with Crippen LogP contribution in [0.15, 0.2) is 5.10 Å². The fourth-order valence-corrected chi connectivity index (χ4v) is 0.0430. The first-order valence-electron chi connectivity index (χ1n) is 1.14. The Labute approximate surface area is 30.0 Å². The van der Waals surface area contributed by atoms with Gasteiger partial charge in [-0.05, 0) is 0 Å². The van der Waals surface area contributed by atoms with E-state index in [4.69, 9.17) is 5.41 Å². The molecule has 0 bridgehead atoms. The summed E-state index contributed by atoms with van der Waals surface area (Å²) < 4.78 is 0. The van der Waals surface area contributed by atoms with Crippen molar-refractivity contribution in [3.8, 4) is 0 Å². The van der Waals surface area contributed by atoms with Crippen LogP contribution in [0.2, 0.25) is 0 Å². The minimum absolute atomic E-state index is 1.01. The van der Waals surface area contributed by atoms with Crippen molar-refractivity contribution in [1.82, 2.24) is 0 Å². The maximum Gasteiger partial charge on any atom is 0.0641 e. The Morgan fingerprint density at radius 3 is 2.40 bits per heavy atom.